The second-order valence-electron chi connectivity index (χ2n) is 6.83. The van der Waals surface area contributed by atoms with Gasteiger partial charge < -0.3 is 9.47 Å². The molecule has 10 heteroatoms. The van der Waals surface area contributed by atoms with Crippen molar-refractivity contribution in [1.29, 1.82) is 0 Å². The summed E-state index contributed by atoms with van der Waals surface area (Å²) in [5, 5.41) is 10.8. The topological polar surface area (TPSA) is 91.0 Å². The van der Waals surface area contributed by atoms with Crippen molar-refractivity contribution in [2.24, 2.45) is 4.99 Å². The Bertz CT molecular complexity index is 1300. The molecule has 166 valence electrons. The number of benzene rings is 3. The zero-order chi connectivity index (χ0) is 23.5. The average Bonchev–Trinajstić information content (AvgIpc) is 3.14. The molecule has 0 bridgehead atoms. The van der Waals surface area contributed by atoms with Crippen molar-refractivity contribution >= 4 is 68.8 Å². The third kappa shape index (κ3) is 5.38. The van der Waals surface area contributed by atoms with Crippen LogP contribution in [0.15, 0.2) is 71.4 Å². The molecule has 1 aliphatic rings. The second-order valence-corrected chi connectivity index (χ2v) is 9.16. The Balaban J connectivity index is 1.55. The summed E-state index contributed by atoms with van der Waals surface area (Å²) < 4.78 is 26.5. The van der Waals surface area contributed by atoms with E-state index in [1.165, 1.54) is 30.3 Å². The number of nitro groups is 1. The number of hydrogen-bond acceptors (Lipinski definition) is 6. The van der Waals surface area contributed by atoms with Gasteiger partial charge in [0.2, 0.25) is 5.90 Å². The number of carbonyl (C=O) groups is 1. The van der Waals surface area contributed by atoms with Gasteiger partial charge in [-0.2, -0.15) is 0 Å². The first kappa shape index (κ1) is 23.3. The molecule has 0 aliphatic carbocycles. The van der Waals surface area contributed by atoms with Crippen molar-refractivity contribution in [2.45, 2.75) is 6.61 Å². The van der Waals surface area contributed by atoms with E-state index in [4.69, 9.17) is 9.47 Å². The van der Waals surface area contributed by atoms with E-state index in [-0.39, 0.29) is 29.7 Å². The fraction of sp³-hybridized carbons (Fsp3) is 0.0435. The lowest BCUT2D eigenvalue weighted by Gasteiger charge is -2.12. The zero-order valence-electron chi connectivity index (χ0n) is 16.6. The standard InChI is InChI=1S/C23H13FI2N2O5/c24-17-4-2-1-3-15(17)12-32-21-18(25)9-13(10-19(21)26)11-20-23(29)33-22(27-20)14-5-7-16(8-6-14)28(30)31/h1-11H,12H2/b20-11-. The Hall–Kier alpha value is -2.87. The number of hydrogen-bond donors (Lipinski definition) is 0. The molecule has 0 saturated heterocycles. The van der Waals surface area contributed by atoms with Crippen molar-refractivity contribution in [3.05, 3.63) is 106 Å². The minimum absolute atomic E-state index is 0.0686. The molecule has 0 aromatic heterocycles. The lowest BCUT2D eigenvalue weighted by molar-refractivity contribution is -0.384. The average molecular weight is 670 g/mol. The Morgan fingerprint density at radius 2 is 1.76 bits per heavy atom. The first-order valence-electron chi connectivity index (χ1n) is 9.44. The third-order valence-electron chi connectivity index (χ3n) is 4.60. The summed E-state index contributed by atoms with van der Waals surface area (Å²) in [4.78, 5) is 26.8. The minimum atomic E-state index is -0.617. The Morgan fingerprint density at radius 3 is 2.39 bits per heavy atom. The van der Waals surface area contributed by atoms with Crippen LogP contribution in [0.2, 0.25) is 0 Å². The van der Waals surface area contributed by atoms with E-state index in [2.05, 4.69) is 50.2 Å². The lowest BCUT2D eigenvalue weighted by atomic mass is 10.2. The number of nitro benzene ring substituents is 1. The molecular weight excluding hydrogens is 657 g/mol. The van der Waals surface area contributed by atoms with Crippen molar-refractivity contribution in [3.8, 4) is 5.75 Å². The molecule has 0 saturated carbocycles. The molecule has 0 amide bonds. The van der Waals surface area contributed by atoms with Crippen LogP contribution >= 0.6 is 45.2 Å². The summed E-state index contributed by atoms with van der Waals surface area (Å²) in [6.45, 7) is 0.0916. The number of carbonyl (C=O) groups excluding carboxylic acids is 1. The van der Waals surface area contributed by atoms with Gasteiger partial charge in [-0.1, -0.05) is 18.2 Å². The molecule has 0 unspecified atom stereocenters. The highest BCUT2D eigenvalue weighted by Gasteiger charge is 2.25. The van der Waals surface area contributed by atoms with Crippen LogP contribution in [0.3, 0.4) is 0 Å². The van der Waals surface area contributed by atoms with Crippen LogP contribution in [0, 0.1) is 23.1 Å². The Morgan fingerprint density at radius 1 is 1.09 bits per heavy atom. The Labute approximate surface area is 214 Å². The van der Waals surface area contributed by atoms with Gasteiger partial charge in [-0.3, -0.25) is 10.1 Å². The van der Waals surface area contributed by atoms with E-state index in [0.717, 1.165) is 7.14 Å². The van der Waals surface area contributed by atoms with Gasteiger partial charge in [0.15, 0.2) is 5.70 Å². The molecular formula is C23H13FI2N2O5. The van der Waals surface area contributed by atoms with Crippen molar-refractivity contribution in [1.82, 2.24) is 0 Å². The number of cyclic esters (lactones) is 1. The maximum absolute atomic E-state index is 13.9. The van der Waals surface area contributed by atoms with E-state index in [1.54, 1.807) is 24.3 Å². The number of halogens is 3. The normalized spacial score (nSPS) is 14.2. The lowest BCUT2D eigenvalue weighted by Crippen LogP contribution is -2.05. The highest BCUT2D eigenvalue weighted by atomic mass is 127. The predicted octanol–water partition coefficient (Wildman–Crippen LogP) is 5.87. The summed E-state index contributed by atoms with van der Waals surface area (Å²) in [5.74, 6) is -0.250. The largest absolute Gasteiger partial charge is 0.487 e. The molecule has 3 aromatic carbocycles. The van der Waals surface area contributed by atoms with Crippen molar-refractivity contribution in [3.63, 3.8) is 0 Å². The molecule has 7 nitrogen and oxygen atoms in total. The van der Waals surface area contributed by atoms with Gasteiger partial charge in [0.25, 0.3) is 5.69 Å². The first-order valence-corrected chi connectivity index (χ1v) is 11.6. The monoisotopic (exact) mass is 670 g/mol. The maximum atomic E-state index is 13.9. The number of esters is 1. The number of ether oxygens (including phenoxy) is 2. The van der Waals surface area contributed by atoms with Crippen LogP contribution in [-0.2, 0) is 16.1 Å². The highest BCUT2D eigenvalue weighted by molar-refractivity contribution is 14.1. The third-order valence-corrected chi connectivity index (χ3v) is 6.20. The molecule has 0 radical (unpaired) electrons. The minimum Gasteiger partial charge on any atom is -0.487 e. The van der Waals surface area contributed by atoms with Crippen LogP contribution in [0.5, 0.6) is 5.75 Å². The van der Waals surface area contributed by atoms with Gasteiger partial charge in [-0.05, 0) is 87.2 Å². The number of aliphatic imine (C=N–C) groups is 1. The summed E-state index contributed by atoms with van der Waals surface area (Å²) in [5.41, 5.74) is 1.66. The van der Waals surface area contributed by atoms with Crippen LogP contribution in [0.25, 0.3) is 6.08 Å². The highest BCUT2D eigenvalue weighted by Crippen LogP contribution is 2.31. The summed E-state index contributed by atoms with van der Waals surface area (Å²) in [6.07, 6.45) is 1.59. The van der Waals surface area contributed by atoms with Gasteiger partial charge >= 0.3 is 5.97 Å². The van der Waals surface area contributed by atoms with Crippen LogP contribution in [-0.4, -0.2) is 16.8 Å². The van der Waals surface area contributed by atoms with E-state index in [1.807, 2.05) is 12.1 Å². The van der Waals surface area contributed by atoms with Crippen LogP contribution in [0.4, 0.5) is 10.1 Å². The fourth-order valence-corrected chi connectivity index (χ4v) is 5.11. The molecule has 0 spiro atoms. The van der Waals surface area contributed by atoms with Crippen molar-refractivity contribution < 1.29 is 23.6 Å². The van der Waals surface area contributed by atoms with Crippen LogP contribution < -0.4 is 4.74 Å². The summed E-state index contributed by atoms with van der Waals surface area (Å²) in [7, 11) is 0. The smallest absolute Gasteiger partial charge is 0.363 e. The summed E-state index contributed by atoms with van der Waals surface area (Å²) >= 11 is 4.23. The van der Waals surface area contributed by atoms with E-state index >= 15 is 0 Å². The van der Waals surface area contributed by atoms with E-state index < -0.39 is 10.9 Å². The van der Waals surface area contributed by atoms with Gasteiger partial charge in [0.05, 0.1) is 12.1 Å². The Kier molecular flexibility index (Phi) is 7.02. The van der Waals surface area contributed by atoms with Gasteiger partial charge in [-0.15, -0.1) is 0 Å². The van der Waals surface area contributed by atoms with Crippen LogP contribution in [0.1, 0.15) is 16.7 Å². The van der Waals surface area contributed by atoms with E-state index in [0.29, 0.717) is 22.4 Å². The van der Waals surface area contributed by atoms with Gasteiger partial charge in [0, 0.05) is 23.3 Å². The number of non-ortho nitro benzene ring substituents is 1. The number of rotatable bonds is 6. The zero-order valence-corrected chi connectivity index (χ0v) is 20.9. The second kappa shape index (κ2) is 9.95. The van der Waals surface area contributed by atoms with Crippen molar-refractivity contribution in [2.75, 3.05) is 0 Å². The van der Waals surface area contributed by atoms with E-state index in [9.17, 15) is 19.3 Å². The SMILES string of the molecule is O=C1OC(c2ccc([N+](=O)[O-])cc2)=N/C1=C\c1cc(I)c(OCc2ccccc2F)c(I)c1. The maximum Gasteiger partial charge on any atom is 0.363 e. The van der Waals surface area contributed by atoms with Gasteiger partial charge in [0.1, 0.15) is 18.2 Å². The number of nitrogens with zero attached hydrogens (tertiary/aromatic N) is 2. The molecule has 0 atom stereocenters. The fourth-order valence-electron chi connectivity index (χ4n) is 2.98. The molecule has 33 heavy (non-hydrogen) atoms. The van der Waals surface area contributed by atoms with Gasteiger partial charge in [-0.25, -0.2) is 14.2 Å². The predicted molar refractivity (Wildman–Crippen MR) is 136 cm³/mol. The molecule has 0 fully saturated rings. The summed E-state index contributed by atoms with van der Waals surface area (Å²) in [6, 6.07) is 15.6. The first-order chi connectivity index (χ1) is 15.8. The quantitative estimate of drug-likeness (QED) is 0.108. The molecule has 3 aromatic rings. The molecule has 4 rings (SSSR count). The molecule has 1 aliphatic heterocycles. The molecule has 0 N–H and O–H groups in total. The molecule has 1 heterocycles.